The van der Waals surface area contributed by atoms with Gasteiger partial charge in [0.2, 0.25) is 0 Å². The van der Waals surface area contributed by atoms with Gasteiger partial charge in [-0.05, 0) is 13.8 Å². The number of amides is 1. The van der Waals surface area contributed by atoms with Crippen molar-refractivity contribution in [1.29, 1.82) is 5.26 Å². The van der Waals surface area contributed by atoms with Crippen LogP contribution in [0.3, 0.4) is 0 Å². The number of hydrogen-bond donors (Lipinski definition) is 2. The fourth-order valence-electron chi connectivity index (χ4n) is 1.40. The molecule has 0 saturated heterocycles. The molecule has 1 aromatic heterocycles. The van der Waals surface area contributed by atoms with E-state index in [1.165, 1.54) is 12.4 Å². The van der Waals surface area contributed by atoms with Gasteiger partial charge in [-0.2, -0.15) is 5.26 Å². The maximum atomic E-state index is 12.1. The molecule has 0 aromatic carbocycles. The van der Waals surface area contributed by atoms with Gasteiger partial charge in [-0.3, -0.25) is 4.79 Å². The first-order chi connectivity index (χ1) is 8.62. The van der Waals surface area contributed by atoms with Gasteiger partial charge in [-0.25, -0.2) is 15.8 Å². The van der Waals surface area contributed by atoms with Crippen molar-refractivity contribution in [3.05, 3.63) is 18.1 Å². The smallest absolute Gasteiger partial charge is 0.274 e. The Morgan fingerprint density at radius 2 is 2.33 bits per heavy atom. The topological polar surface area (TPSA) is 108 Å². The van der Waals surface area contributed by atoms with E-state index in [9.17, 15) is 4.79 Å². The Balaban J connectivity index is 2.80. The molecule has 1 unspecified atom stereocenters. The molecule has 18 heavy (non-hydrogen) atoms. The zero-order chi connectivity index (χ0) is 13.5. The highest BCUT2D eigenvalue weighted by molar-refractivity contribution is 5.92. The fourth-order valence-corrected chi connectivity index (χ4v) is 1.40. The summed E-state index contributed by atoms with van der Waals surface area (Å²) in [5.41, 5.74) is 2.57. The summed E-state index contributed by atoms with van der Waals surface area (Å²) in [6.45, 7) is 4.52. The molecule has 0 bridgehead atoms. The number of nitrogen functional groups attached to an aromatic ring is 1. The Hall–Kier alpha value is -2.20. The number of nitrogens with two attached hydrogens (primary N) is 1. The van der Waals surface area contributed by atoms with Crippen molar-refractivity contribution in [3.63, 3.8) is 0 Å². The highest BCUT2D eigenvalue weighted by atomic mass is 16.2. The molecule has 0 fully saturated rings. The molecule has 7 heteroatoms. The van der Waals surface area contributed by atoms with Crippen LogP contribution in [0.5, 0.6) is 0 Å². The Morgan fingerprint density at radius 1 is 1.61 bits per heavy atom. The maximum absolute atomic E-state index is 12.1. The summed E-state index contributed by atoms with van der Waals surface area (Å²) >= 11 is 0. The number of hydrogen-bond acceptors (Lipinski definition) is 6. The summed E-state index contributed by atoms with van der Waals surface area (Å²) in [5, 5.41) is 8.76. The lowest BCUT2D eigenvalue weighted by atomic mass is 10.2. The van der Waals surface area contributed by atoms with E-state index in [1.54, 1.807) is 11.8 Å². The number of carbonyl (C=O) groups excluding carboxylic acids is 1. The van der Waals surface area contributed by atoms with Gasteiger partial charge in [-0.1, -0.05) is 0 Å². The maximum Gasteiger partial charge on any atom is 0.274 e. The monoisotopic (exact) mass is 248 g/mol. The Bertz CT molecular complexity index is 438. The average molecular weight is 248 g/mol. The molecular weight excluding hydrogens is 232 g/mol. The first-order valence-corrected chi connectivity index (χ1v) is 5.59. The average Bonchev–Trinajstić information content (AvgIpc) is 2.43. The Morgan fingerprint density at radius 3 is 2.78 bits per heavy atom. The normalized spacial score (nSPS) is 11.4. The number of rotatable bonds is 5. The summed E-state index contributed by atoms with van der Waals surface area (Å²) in [6.07, 6.45) is 2.74. The highest BCUT2D eigenvalue weighted by Gasteiger charge is 2.18. The standard InChI is InChI=1S/C11H16N6O/c1-3-17(7-8(2)4-12)11(18)9-5-15-10(16-13)6-14-9/h5-6,8H,3,7,13H2,1-2H3,(H,15,16). The highest BCUT2D eigenvalue weighted by Crippen LogP contribution is 2.06. The Kier molecular flexibility index (Phi) is 5.02. The number of hydrazine groups is 1. The lowest BCUT2D eigenvalue weighted by molar-refractivity contribution is 0.0746. The van der Waals surface area contributed by atoms with Crippen LogP contribution in [0.4, 0.5) is 5.82 Å². The van der Waals surface area contributed by atoms with E-state index in [-0.39, 0.29) is 17.5 Å². The molecule has 96 valence electrons. The molecule has 0 aliphatic heterocycles. The van der Waals surface area contributed by atoms with Gasteiger partial charge in [-0.15, -0.1) is 0 Å². The minimum Gasteiger partial charge on any atom is -0.336 e. The predicted molar refractivity (Wildman–Crippen MR) is 66.2 cm³/mol. The van der Waals surface area contributed by atoms with Gasteiger partial charge in [0.25, 0.3) is 5.91 Å². The van der Waals surface area contributed by atoms with E-state index in [4.69, 9.17) is 11.1 Å². The minimum atomic E-state index is -0.240. The number of aromatic nitrogens is 2. The van der Waals surface area contributed by atoms with Crippen LogP contribution < -0.4 is 11.3 Å². The van der Waals surface area contributed by atoms with Crippen molar-refractivity contribution in [1.82, 2.24) is 14.9 Å². The van der Waals surface area contributed by atoms with Gasteiger partial charge >= 0.3 is 0 Å². The third kappa shape index (κ3) is 3.40. The van der Waals surface area contributed by atoms with Gasteiger partial charge < -0.3 is 10.3 Å². The van der Waals surface area contributed by atoms with Crippen LogP contribution in [0.1, 0.15) is 24.3 Å². The summed E-state index contributed by atoms with van der Waals surface area (Å²) in [5.74, 6) is 5.09. The van der Waals surface area contributed by atoms with Crippen LogP contribution in [0.25, 0.3) is 0 Å². The molecule has 1 rings (SSSR count). The number of nitrogens with zero attached hydrogens (tertiary/aromatic N) is 4. The fraction of sp³-hybridized carbons (Fsp3) is 0.455. The van der Waals surface area contributed by atoms with Gasteiger partial charge in [0.15, 0.2) is 5.82 Å². The van der Waals surface area contributed by atoms with Crippen molar-refractivity contribution in [2.45, 2.75) is 13.8 Å². The number of nitrogens with one attached hydrogen (secondary N) is 1. The van der Waals surface area contributed by atoms with Crippen LogP contribution in [0.2, 0.25) is 0 Å². The first-order valence-electron chi connectivity index (χ1n) is 5.59. The third-order valence-electron chi connectivity index (χ3n) is 2.40. The summed E-state index contributed by atoms with van der Waals surface area (Å²) in [6, 6.07) is 2.10. The van der Waals surface area contributed by atoms with Crippen LogP contribution in [-0.4, -0.2) is 33.9 Å². The molecule has 0 aliphatic rings. The van der Waals surface area contributed by atoms with E-state index in [2.05, 4.69) is 21.5 Å². The van der Waals surface area contributed by atoms with Crippen LogP contribution in [-0.2, 0) is 0 Å². The minimum absolute atomic E-state index is 0.216. The molecule has 1 amide bonds. The molecule has 1 heterocycles. The summed E-state index contributed by atoms with van der Waals surface area (Å²) < 4.78 is 0. The Labute approximate surface area is 106 Å². The molecule has 0 saturated carbocycles. The molecule has 3 N–H and O–H groups in total. The lowest BCUT2D eigenvalue weighted by Crippen LogP contribution is -2.35. The van der Waals surface area contributed by atoms with Crippen LogP contribution >= 0.6 is 0 Å². The first kappa shape index (κ1) is 13.9. The SMILES string of the molecule is CCN(CC(C)C#N)C(=O)c1cnc(NN)cn1. The van der Waals surface area contributed by atoms with Crippen LogP contribution in [0.15, 0.2) is 12.4 Å². The zero-order valence-electron chi connectivity index (χ0n) is 10.4. The summed E-state index contributed by atoms with van der Waals surface area (Å²) in [7, 11) is 0. The van der Waals surface area contributed by atoms with E-state index in [0.29, 0.717) is 18.9 Å². The second-order valence-corrected chi connectivity index (χ2v) is 3.81. The quantitative estimate of drug-likeness (QED) is 0.576. The van der Waals surface area contributed by atoms with E-state index >= 15 is 0 Å². The van der Waals surface area contributed by atoms with Gasteiger partial charge in [0, 0.05) is 13.1 Å². The predicted octanol–water partition coefficient (Wildman–Crippen LogP) is 0.384. The van der Waals surface area contributed by atoms with Crippen molar-refractivity contribution in [3.8, 4) is 6.07 Å². The molecule has 1 atom stereocenters. The van der Waals surface area contributed by atoms with Crippen molar-refractivity contribution >= 4 is 11.7 Å². The molecular formula is C11H16N6O. The number of carbonyl (C=O) groups is 1. The molecule has 0 aliphatic carbocycles. The summed E-state index contributed by atoms with van der Waals surface area (Å²) in [4.78, 5) is 21.5. The van der Waals surface area contributed by atoms with Crippen molar-refractivity contribution < 1.29 is 4.79 Å². The molecule has 7 nitrogen and oxygen atoms in total. The molecule has 0 radical (unpaired) electrons. The molecule has 1 aromatic rings. The second-order valence-electron chi connectivity index (χ2n) is 3.81. The van der Waals surface area contributed by atoms with E-state index in [1.807, 2.05) is 6.92 Å². The number of anilines is 1. The molecule has 0 spiro atoms. The lowest BCUT2D eigenvalue weighted by Gasteiger charge is -2.21. The van der Waals surface area contributed by atoms with Gasteiger partial charge in [0.05, 0.1) is 24.4 Å². The largest absolute Gasteiger partial charge is 0.336 e. The van der Waals surface area contributed by atoms with Crippen LogP contribution in [0, 0.1) is 17.2 Å². The third-order valence-corrected chi connectivity index (χ3v) is 2.40. The van der Waals surface area contributed by atoms with Crippen molar-refractivity contribution in [2.75, 3.05) is 18.5 Å². The van der Waals surface area contributed by atoms with E-state index in [0.717, 1.165) is 0 Å². The number of nitriles is 1. The van der Waals surface area contributed by atoms with Crippen molar-refractivity contribution in [2.24, 2.45) is 11.8 Å². The second kappa shape index (κ2) is 6.51. The zero-order valence-corrected chi connectivity index (χ0v) is 10.4. The van der Waals surface area contributed by atoms with E-state index < -0.39 is 0 Å². The van der Waals surface area contributed by atoms with Gasteiger partial charge in [0.1, 0.15) is 5.69 Å².